The van der Waals surface area contributed by atoms with Crippen LogP contribution < -0.4 is 0 Å². The Morgan fingerprint density at radius 2 is 2.29 bits per heavy atom. The summed E-state index contributed by atoms with van der Waals surface area (Å²) >= 11 is 0. The maximum absolute atomic E-state index is 11.6. The summed E-state index contributed by atoms with van der Waals surface area (Å²) in [6.07, 6.45) is 6.03. The van der Waals surface area contributed by atoms with Crippen LogP contribution in [0, 0.1) is 11.3 Å². The number of fused-ring (bicyclic) bond motifs is 1. The third-order valence-corrected chi connectivity index (χ3v) is 4.07. The number of hydrogen-bond acceptors (Lipinski definition) is 2. The van der Waals surface area contributed by atoms with E-state index >= 15 is 0 Å². The van der Waals surface area contributed by atoms with Gasteiger partial charge in [0, 0.05) is 5.41 Å². The summed E-state index contributed by atoms with van der Waals surface area (Å²) in [6.45, 7) is 8.03. The summed E-state index contributed by atoms with van der Waals surface area (Å²) in [5, 5.41) is 0. The van der Waals surface area contributed by atoms with E-state index in [4.69, 9.17) is 4.74 Å². The number of carbonyl (C=O) groups excluding carboxylic acids is 1. The third kappa shape index (κ3) is 1.06. The monoisotopic (exact) mass is 194 g/mol. The molecule has 0 aromatic carbocycles. The van der Waals surface area contributed by atoms with E-state index < -0.39 is 0 Å². The van der Waals surface area contributed by atoms with Crippen LogP contribution in [-0.4, -0.2) is 11.6 Å². The Labute approximate surface area is 85.3 Å². The Kier molecular flexibility index (Phi) is 1.98. The number of rotatable bonds is 1. The van der Waals surface area contributed by atoms with Crippen molar-refractivity contribution in [1.29, 1.82) is 0 Å². The summed E-state index contributed by atoms with van der Waals surface area (Å²) in [5.41, 5.74) is -0.237. The lowest BCUT2D eigenvalue weighted by molar-refractivity contribution is -0.183. The lowest BCUT2D eigenvalue weighted by atomic mass is 9.68. The van der Waals surface area contributed by atoms with Crippen molar-refractivity contribution >= 4 is 5.97 Å². The first kappa shape index (κ1) is 9.75. The van der Waals surface area contributed by atoms with Gasteiger partial charge in [0.15, 0.2) is 0 Å². The van der Waals surface area contributed by atoms with Crippen LogP contribution in [0.4, 0.5) is 0 Å². The predicted octanol–water partition coefficient (Wildman–Crippen LogP) is 2.68. The van der Waals surface area contributed by atoms with E-state index in [0.717, 1.165) is 25.7 Å². The van der Waals surface area contributed by atoms with Crippen molar-refractivity contribution in [2.24, 2.45) is 11.3 Å². The lowest BCUT2D eigenvalue weighted by Gasteiger charge is -2.46. The van der Waals surface area contributed by atoms with E-state index in [1.54, 1.807) is 0 Å². The summed E-state index contributed by atoms with van der Waals surface area (Å²) in [7, 11) is 0. The standard InChI is InChI=1S/C12H18O2/c1-4-12-7-5-6-11(12,3)8-9(2)10(13)14-12/h4,9H,1,5-8H2,2-3H3/t9?,11-,12-/m0/s1. The summed E-state index contributed by atoms with van der Waals surface area (Å²) in [5.74, 6) is -0.00421. The minimum atomic E-state index is -0.364. The largest absolute Gasteiger partial charge is 0.454 e. The van der Waals surface area contributed by atoms with Crippen LogP contribution in [0.1, 0.15) is 39.5 Å². The molecule has 0 aromatic heterocycles. The molecule has 1 heterocycles. The first-order valence-electron chi connectivity index (χ1n) is 5.39. The highest BCUT2D eigenvalue weighted by molar-refractivity contribution is 5.74. The van der Waals surface area contributed by atoms with Gasteiger partial charge in [0.2, 0.25) is 0 Å². The van der Waals surface area contributed by atoms with Crippen molar-refractivity contribution in [2.45, 2.75) is 45.1 Å². The molecule has 1 saturated carbocycles. The van der Waals surface area contributed by atoms with Gasteiger partial charge >= 0.3 is 5.97 Å². The molecule has 2 nitrogen and oxygen atoms in total. The molecule has 2 rings (SSSR count). The zero-order valence-electron chi connectivity index (χ0n) is 9.01. The van der Waals surface area contributed by atoms with Crippen LogP contribution in [-0.2, 0) is 9.53 Å². The van der Waals surface area contributed by atoms with E-state index in [2.05, 4.69) is 13.5 Å². The van der Waals surface area contributed by atoms with Gasteiger partial charge in [-0.15, -0.1) is 0 Å². The average molecular weight is 194 g/mol. The van der Waals surface area contributed by atoms with Gasteiger partial charge in [-0.05, 0) is 31.8 Å². The first-order chi connectivity index (χ1) is 6.53. The van der Waals surface area contributed by atoms with Crippen molar-refractivity contribution in [2.75, 3.05) is 0 Å². The fourth-order valence-corrected chi connectivity index (χ4v) is 3.13. The number of ether oxygens (including phenoxy) is 1. The van der Waals surface area contributed by atoms with Gasteiger partial charge in [-0.2, -0.15) is 0 Å². The van der Waals surface area contributed by atoms with Crippen LogP contribution in [0.15, 0.2) is 12.7 Å². The lowest BCUT2D eigenvalue weighted by Crippen LogP contribution is -2.50. The molecule has 3 atom stereocenters. The van der Waals surface area contributed by atoms with Gasteiger partial charge in [0.05, 0.1) is 5.92 Å². The van der Waals surface area contributed by atoms with E-state index in [0.29, 0.717) is 0 Å². The maximum atomic E-state index is 11.6. The zero-order valence-corrected chi connectivity index (χ0v) is 9.01. The van der Waals surface area contributed by atoms with Gasteiger partial charge in [-0.25, -0.2) is 0 Å². The smallest absolute Gasteiger partial charge is 0.309 e. The summed E-state index contributed by atoms with van der Waals surface area (Å²) in [6, 6.07) is 0. The van der Waals surface area contributed by atoms with E-state index in [-0.39, 0.29) is 22.9 Å². The second-order valence-electron chi connectivity index (χ2n) is 5.03. The molecule has 1 aliphatic heterocycles. The van der Waals surface area contributed by atoms with Gasteiger partial charge < -0.3 is 4.74 Å². The van der Waals surface area contributed by atoms with Crippen LogP contribution in [0.25, 0.3) is 0 Å². The molecule has 0 N–H and O–H groups in total. The minimum absolute atomic E-state index is 0.0474. The fourth-order valence-electron chi connectivity index (χ4n) is 3.13. The molecule has 1 saturated heterocycles. The third-order valence-electron chi connectivity index (χ3n) is 4.07. The Balaban J connectivity index is 2.36. The van der Waals surface area contributed by atoms with Crippen LogP contribution in [0.3, 0.4) is 0 Å². The molecular weight excluding hydrogens is 176 g/mol. The highest BCUT2D eigenvalue weighted by atomic mass is 16.6. The van der Waals surface area contributed by atoms with Crippen molar-refractivity contribution in [3.8, 4) is 0 Å². The van der Waals surface area contributed by atoms with Crippen LogP contribution >= 0.6 is 0 Å². The molecule has 2 fully saturated rings. The van der Waals surface area contributed by atoms with E-state index in [9.17, 15) is 4.79 Å². The van der Waals surface area contributed by atoms with Gasteiger partial charge in [0.1, 0.15) is 5.60 Å². The molecule has 0 bridgehead atoms. The second kappa shape index (κ2) is 2.85. The summed E-state index contributed by atoms with van der Waals surface area (Å²) < 4.78 is 5.61. The predicted molar refractivity (Wildman–Crippen MR) is 54.8 cm³/mol. The maximum Gasteiger partial charge on any atom is 0.309 e. The SMILES string of the molecule is C=C[C@]12CCC[C@@]1(C)CC(C)C(=O)O2. The van der Waals surface area contributed by atoms with E-state index in [1.807, 2.05) is 13.0 Å². The fraction of sp³-hybridized carbons (Fsp3) is 0.750. The minimum Gasteiger partial charge on any atom is -0.454 e. The van der Waals surface area contributed by atoms with Crippen molar-refractivity contribution in [3.05, 3.63) is 12.7 Å². The molecule has 1 aliphatic carbocycles. The molecule has 2 aliphatic rings. The molecule has 0 aromatic rings. The molecular formula is C12H18O2. The van der Waals surface area contributed by atoms with Gasteiger partial charge in [0.25, 0.3) is 0 Å². The number of carbonyl (C=O) groups is 1. The Hall–Kier alpha value is -0.790. The first-order valence-corrected chi connectivity index (χ1v) is 5.39. The highest BCUT2D eigenvalue weighted by Gasteiger charge is 2.57. The average Bonchev–Trinajstić information content (AvgIpc) is 2.44. The number of esters is 1. The van der Waals surface area contributed by atoms with Crippen molar-refractivity contribution < 1.29 is 9.53 Å². The quantitative estimate of drug-likeness (QED) is 0.474. The van der Waals surface area contributed by atoms with Gasteiger partial charge in [-0.3, -0.25) is 4.79 Å². The normalized spacial score (nSPS) is 47.0. The Morgan fingerprint density at radius 3 is 2.93 bits per heavy atom. The zero-order chi connectivity index (χ0) is 10.4. The van der Waals surface area contributed by atoms with Crippen molar-refractivity contribution in [1.82, 2.24) is 0 Å². The Morgan fingerprint density at radius 1 is 1.57 bits per heavy atom. The van der Waals surface area contributed by atoms with Gasteiger partial charge in [-0.1, -0.05) is 20.4 Å². The molecule has 1 unspecified atom stereocenters. The number of hydrogen-bond donors (Lipinski definition) is 0. The molecule has 14 heavy (non-hydrogen) atoms. The Bertz CT molecular complexity index is 284. The molecule has 0 radical (unpaired) electrons. The van der Waals surface area contributed by atoms with Crippen molar-refractivity contribution in [3.63, 3.8) is 0 Å². The highest BCUT2D eigenvalue weighted by Crippen LogP contribution is 2.55. The molecule has 0 spiro atoms. The topological polar surface area (TPSA) is 26.3 Å². The summed E-state index contributed by atoms with van der Waals surface area (Å²) in [4.78, 5) is 11.6. The molecule has 0 amide bonds. The molecule has 2 heteroatoms. The van der Waals surface area contributed by atoms with Crippen LogP contribution in [0.2, 0.25) is 0 Å². The van der Waals surface area contributed by atoms with E-state index in [1.165, 1.54) is 0 Å². The van der Waals surface area contributed by atoms with Crippen LogP contribution in [0.5, 0.6) is 0 Å². The second-order valence-corrected chi connectivity index (χ2v) is 5.03. The molecule has 78 valence electrons.